The first kappa shape index (κ1) is 17.5. The number of carbonyl (C=O) groups excluding carboxylic acids is 1. The van der Waals surface area contributed by atoms with Crippen molar-refractivity contribution in [1.29, 1.82) is 0 Å². The van der Waals surface area contributed by atoms with Gasteiger partial charge in [0.05, 0.1) is 17.9 Å². The molecule has 2 aliphatic rings. The predicted molar refractivity (Wildman–Crippen MR) is 108 cm³/mol. The molecular formula is C21H21N3O3S. The van der Waals surface area contributed by atoms with E-state index < -0.39 is 10.0 Å². The number of para-hydroxylation sites is 1. The molecule has 0 atom stereocenters. The Morgan fingerprint density at radius 3 is 2.64 bits per heavy atom. The predicted octanol–water partition coefficient (Wildman–Crippen LogP) is 2.44. The van der Waals surface area contributed by atoms with Crippen molar-refractivity contribution in [3.05, 3.63) is 59.3 Å². The van der Waals surface area contributed by atoms with Crippen LogP contribution in [0.4, 0.5) is 5.69 Å². The molecule has 5 rings (SSSR count). The van der Waals surface area contributed by atoms with E-state index in [-0.39, 0.29) is 17.2 Å². The lowest BCUT2D eigenvalue weighted by Crippen LogP contribution is -2.36. The van der Waals surface area contributed by atoms with Gasteiger partial charge in [0.1, 0.15) is 0 Å². The number of aryl methyl sites for hydroxylation is 1. The van der Waals surface area contributed by atoms with Crippen LogP contribution in [0.15, 0.2) is 47.4 Å². The van der Waals surface area contributed by atoms with Crippen LogP contribution in [0.1, 0.15) is 16.8 Å². The van der Waals surface area contributed by atoms with Crippen LogP contribution in [0.3, 0.4) is 0 Å². The highest BCUT2D eigenvalue weighted by atomic mass is 32.2. The van der Waals surface area contributed by atoms with Gasteiger partial charge in [0, 0.05) is 42.9 Å². The average molecular weight is 395 g/mol. The smallest absolute Gasteiger partial charge is 0.243 e. The quantitative estimate of drug-likeness (QED) is 0.670. The second kappa shape index (κ2) is 5.93. The first-order chi connectivity index (χ1) is 13.4. The molecular weight excluding hydrogens is 374 g/mol. The highest BCUT2D eigenvalue weighted by Crippen LogP contribution is 2.34. The number of fused-ring (bicyclic) bond motifs is 4. The normalized spacial score (nSPS) is 17.2. The number of benzene rings is 2. The summed E-state index contributed by atoms with van der Waals surface area (Å²) in [6.07, 6.45) is 0.949. The van der Waals surface area contributed by atoms with Crippen molar-refractivity contribution in [2.75, 3.05) is 18.5 Å². The minimum atomic E-state index is -3.63. The topological polar surface area (TPSA) is 62.6 Å². The highest BCUT2D eigenvalue weighted by molar-refractivity contribution is 7.89. The maximum absolute atomic E-state index is 13.3. The summed E-state index contributed by atoms with van der Waals surface area (Å²) in [6.45, 7) is 0.817. The molecule has 0 bridgehead atoms. The third-order valence-corrected chi connectivity index (χ3v) is 7.89. The average Bonchev–Trinajstić information content (AvgIpc) is 3.15. The molecule has 1 aromatic heterocycles. The van der Waals surface area contributed by atoms with Gasteiger partial charge in [-0.15, -0.1) is 0 Å². The Bertz CT molecular complexity index is 1240. The molecule has 0 unspecified atom stereocenters. The van der Waals surface area contributed by atoms with Crippen molar-refractivity contribution in [1.82, 2.24) is 8.87 Å². The lowest BCUT2D eigenvalue weighted by molar-refractivity contribution is -0.117. The van der Waals surface area contributed by atoms with Gasteiger partial charge >= 0.3 is 0 Å². The number of likely N-dealkylation sites (N-methyl/N-ethyl adjacent to an activating group) is 1. The van der Waals surface area contributed by atoms with Crippen molar-refractivity contribution in [3.63, 3.8) is 0 Å². The lowest BCUT2D eigenvalue weighted by Gasteiger charge is -2.27. The number of anilines is 1. The van der Waals surface area contributed by atoms with Crippen LogP contribution in [0.25, 0.3) is 10.9 Å². The van der Waals surface area contributed by atoms with Crippen LogP contribution in [0.2, 0.25) is 0 Å². The Hall–Kier alpha value is -2.64. The number of carbonyl (C=O) groups is 1. The molecule has 2 aliphatic heterocycles. The van der Waals surface area contributed by atoms with Crippen molar-refractivity contribution >= 4 is 32.5 Å². The van der Waals surface area contributed by atoms with E-state index in [1.807, 2.05) is 19.2 Å². The van der Waals surface area contributed by atoms with Gasteiger partial charge in [0.2, 0.25) is 15.9 Å². The second-order valence-corrected chi connectivity index (χ2v) is 9.45. The maximum Gasteiger partial charge on any atom is 0.243 e. The molecule has 28 heavy (non-hydrogen) atoms. The summed E-state index contributed by atoms with van der Waals surface area (Å²) in [5.41, 5.74) is 4.98. The summed E-state index contributed by atoms with van der Waals surface area (Å²) in [5.74, 6) is -0.0114. The molecule has 6 nitrogen and oxygen atoms in total. The van der Waals surface area contributed by atoms with Crippen LogP contribution in [-0.4, -0.2) is 36.8 Å². The molecule has 0 aliphatic carbocycles. The standard InChI is InChI=1S/C21H21N3O3S/c1-22-19-6-4-3-5-16(19)17-9-10-24(13-20(17)22)28(26,27)15-7-8-18-14(11-15)12-21(25)23(18)2/h3-8,11H,9-10,12-13H2,1-2H3. The van der Waals surface area contributed by atoms with Gasteiger partial charge in [0.15, 0.2) is 0 Å². The Morgan fingerprint density at radius 2 is 1.82 bits per heavy atom. The first-order valence-electron chi connectivity index (χ1n) is 9.33. The van der Waals surface area contributed by atoms with E-state index in [9.17, 15) is 13.2 Å². The van der Waals surface area contributed by atoms with Gasteiger partial charge in [-0.3, -0.25) is 4.79 Å². The number of amides is 1. The third kappa shape index (κ3) is 2.36. The van der Waals surface area contributed by atoms with Crippen molar-refractivity contribution < 1.29 is 13.2 Å². The fourth-order valence-corrected chi connectivity index (χ4v) is 5.90. The monoisotopic (exact) mass is 395 g/mol. The van der Waals surface area contributed by atoms with E-state index in [0.29, 0.717) is 19.5 Å². The van der Waals surface area contributed by atoms with Crippen LogP contribution < -0.4 is 4.90 Å². The zero-order valence-electron chi connectivity index (χ0n) is 15.8. The first-order valence-corrected chi connectivity index (χ1v) is 10.8. The molecule has 0 spiro atoms. The minimum Gasteiger partial charge on any atom is -0.346 e. The van der Waals surface area contributed by atoms with E-state index in [2.05, 4.69) is 16.7 Å². The fraction of sp³-hybridized carbons (Fsp3) is 0.286. The zero-order valence-corrected chi connectivity index (χ0v) is 16.7. The van der Waals surface area contributed by atoms with Gasteiger partial charge in [-0.05, 0) is 41.8 Å². The number of nitrogens with zero attached hydrogens (tertiary/aromatic N) is 3. The van der Waals surface area contributed by atoms with Crippen molar-refractivity contribution in [3.8, 4) is 0 Å². The summed E-state index contributed by atoms with van der Waals surface area (Å²) in [6, 6.07) is 13.2. The second-order valence-electron chi connectivity index (χ2n) is 7.51. The van der Waals surface area contributed by atoms with Gasteiger partial charge in [-0.25, -0.2) is 8.42 Å². The van der Waals surface area contributed by atoms with Crippen molar-refractivity contribution in [2.24, 2.45) is 7.05 Å². The van der Waals surface area contributed by atoms with Crippen molar-refractivity contribution in [2.45, 2.75) is 24.3 Å². The van der Waals surface area contributed by atoms with E-state index >= 15 is 0 Å². The molecule has 3 heterocycles. The van der Waals surface area contributed by atoms with Crippen LogP contribution in [0.5, 0.6) is 0 Å². The zero-order chi connectivity index (χ0) is 19.6. The molecule has 2 aromatic carbocycles. The number of aromatic nitrogens is 1. The SMILES string of the molecule is CN1C(=O)Cc2cc(S(=O)(=O)N3CCc4c(n(C)c5ccccc45)C3)ccc21. The molecule has 0 fully saturated rings. The Kier molecular flexibility index (Phi) is 3.70. The molecule has 0 saturated carbocycles. The molecule has 0 radical (unpaired) electrons. The summed E-state index contributed by atoms with van der Waals surface area (Å²) in [7, 11) is 0.0857. The molecule has 7 heteroatoms. The summed E-state index contributed by atoms with van der Waals surface area (Å²) >= 11 is 0. The highest BCUT2D eigenvalue weighted by Gasteiger charge is 2.33. The van der Waals surface area contributed by atoms with E-state index in [0.717, 1.165) is 22.5 Å². The van der Waals surface area contributed by atoms with Crippen LogP contribution >= 0.6 is 0 Å². The summed E-state index contributed by atoms with van der Waals surface area (Å²) in [4.78, 5) is 13.8. The molecule has 1 amide bonds. The van der Waals surface area contributed by atoms with Crippen LogP contribution in [0, 0.1) is 0 Å². The Balaban J connectivity index is 1.52. The Morgan fingerprint density at radius 1 is 1.04 bits per heavy atom. The molecule has 3 aromatic rings. The third-order valence-electron chi connectivity index (χ3n) is 6.05. The number of sulfonamides is 1. The maximum atomic E-state index is 13.3. The van der Waals surface area contributed by atoms with Gasteiger partial charge in [0.25, 0.3) is 0 Å². The van der Waals surface area contributed by atoms with Gasteiger partial charge in [-0.1, -0.05) is 18.2 Å². The van der Waals surface area contributed by atoms with Gasteiger partial charge < -0.3 is 9.47 Å². The number of rotatable bonds is 2. The molecule has 0 N–H and O–H groups in total. The number of hydrogen-bond acceptors (Lipinski definition) is 3. The van der Waals surface area contributed by atoms with Crippen LogP contribution in [-0.2, 0) is 41.3 Å². The van der Waals surface area contributed by atoms with E-state index in [4.69, 9.17) is 0 Å². The van der Waals surface area contributed by atoms with E-state index in [1.165, 1.54) is 10.9 Å². The summed E-state index contributed by atoms with van der Waals surface area (Å²) in [5, 5.41) is 1.20. The Labute approximate surface area is 164 Å². The number of hydrogen-bond donors (Lipinski definition) is 0. The molecule has 144 valence electrons. The molecule has 0 saturated heterocycles. The fourth-order valence-electron chi connectivity index (χ4n) is 4.45. The van der Waals surface area contributed by atoms with Gasteiger partial charge in [-0.2, -0.15) is 4.31 Å². The van der Waals surface area contributed by atoms with E-state index in [1.54, 1.807) is 34.5 Å². The summed E-state index contributed by atoms with van der Waals surface area (Å²) < 4.78 is 30.3. The lowest BCUT2D eigenvalue weighted by atomic mass is 10.1. The minimum absolute atomic E-state index is 0.0114. The largest absolute Gasteiger partial charge is 0.346 e.